The van der Waals surface area contributed by atoms with Crippen LogP contribution in [-0.2, 0) is 9.47 Å². The lowest BCUT2D eigenvalue weighted by Crippen LogP contribution is -2.14. The van der Waals surface area contributed by atoms with E-state index in [2.05, 4.69) is 13.8 Å². The van der Waals surface area contributed by atoms with Crippen molar-refractivity contribution in [2.45, 2.75) is 65.2 Å². The van der Waals surface area contributed by atoms with E-state index in [9.17, 15) is 19.2 Å². The minimum Gasteiger partial charge on any atom is -0.494 e. The molecule has 0 unspecified atom stereocenters. The van der Waals surface area contributed by atoms with E-state index in [1.165, 1.54) is 61.4 Å². The normalized spacial score (nSPS) is 10.6. The molecular weight excluding hydrogens is 664 g/mol. The Kier molecular flexibility index (Phi) is 16.2. The predicted octanol–water partition coefficient (Wildman–Crippen LogP) is 9.06. The third-order valence-corrected chi connectivity index (χ3v) is 7.86. The van der Waals surface area contributed by atoms with Gasteiger partial charge >= 0.3 is 23.9 Å². The lowest BCUT2D eigenvalue weighted by molar-refractivity contribution is 0.0265. The first kappa shape index (κ1) is 39.2. The average molecular weight is 711 g/mol. The summed E-state index contributed by atoms with van der Waals surface area (Å²) in [4.78, 5) is 50.0. The first-order chi connectivity index (χ1) is 25.4. The van der Waals surface area contributed by atoms with E-state index in [0.29, 0.717) is 35.8 Å². The summed E-state index contributed by atoms with van der Waals surface area (Å²) in [5.74, 6) is -0.427. The van der Waals surface area contributed by atoms with Crippen molar-refractivity contribution in [3.8, 4) is 23.0 Å². The molecule has 274 valence electrons. The Morgan fingerprint density at radius 3 is 1.00 bits per heavy atom. The van der Waals surface area contributed by atoms with Crippen molar-refractivity contribution < 1.29 is 47.6 Å². The molecule has 0 radical (unpaired) electrons. The Hall–Kier alpha value is -5.64. The minimum atomic E-state index is -0.630. The quantitative estimate of drug-likeness (QED) is 0.0470. The second kappa shape index (κ2) is 21.5. The molecule has 4 rings (SSSR count). The maximum absolute atomic E-state index is 12.6. The van der Waals surface area contributed by atoms with Gasteiger partial charge in [0.15, 0.2) is 0 Å². The van der Waals surface area contributed by atoms with Crippen molar-refractivity contribution in [2.75, 3.05) is 26.4 Å². The number of hydrogen-bond acceptors (Lipinski definition) is 10. The van der Waals surface area contributed by atoms with E-state index < -0.39 is 23.9 Å². The number of hydrogen-bond donors (Lipinski definition) is 0. The van der Waals surface area contributed by atoms with Gasteiger partial charge in [0, 0.05) is 0 Å². The Morgan fingerprint density at radius 1 is 0.365 bits per heavy atom. The number of esters is 4. The lowest BCUT2D eigenvalue weighted by atomic mass is 10.2. The summed E-state index contributed by atoms with van der Waals surface area (Å²) in [6, 6.07) is 25.4. The van der Waals surface area contributed by atoms with E-state index in [0.717, 1.165) is 38.5 Å². The molecule has 0 aliphatic carbocycles. The second-order valence-corrected chi connectivity index (χ2v) is 12.0. The summed E-state index contributed by atoms with van der Waals surface area (Å²) < 4.78 is 32.7. The van der Waals surface area contributed by atoms with Crippen molar-refractivity contribution in [1.82, 2.24) is 0 Å². The molecule has 0 N–H and O–H groups in total. The number of benzene rings is 4. The molecule has 0 aliphatic heterocycles. The van der Waals surface area contributed by atoms with Gasteiger partial charge in [0.2, 0.25) is 0 Å². The van der Waals surface area contributed by atoms with Crippen molar-refractivity contribution in [2.24, 2.45) is 0 Å². The molecule has 0 aromatic heterocycles. The van der Waals surface area contributed by atoms with Gasteiger partial charge in [-0.1, -0.05) is 52.4 Å². The minimum absolute atomic E-state index is 0.169. The smallest absolute Gasteiger partial charge is 0.343 e. The standard InChI is InChI=1S/C42H46O10/c1-3-5-7-9-27-47-35-19-11-33(12-20-35)41(45)51-37-23-15-31(16-24-37)39(43)49-29-30-50-40(44)32-17-25-38(26-18-32)52-42(46)34-13-21-36(22-14-34)48-28-10-8-6-4-2/h11-26H,3-10,27-30H2,1-2H3. The maximum atomic E-state index is 12.6. The topological polar surface area (TPSA) is 124 Å². The molecule has 4 aromatic carbocycles. The molecule has 0 atom stereocenters. The fourth-order valence-corrected chi connectivity index (χ4v) is 4.90. The molecular formula is C42H46O10. The van der Waals surface area contributed by atoms with Gasteiger partial charge in [-0.3, -0.25) is 0 Å². The Morgan fingerprint density at radius 2 is 0.673 bits per heavy atom. The summed E-state index contributed by atoms with van der Waals surface area (Å²) in [5, 5.41) is 0. The number of rotatable bonds is 21. The fourth-order valence-electron chi connectivity index (χ4n) is 4.90. The molecule has 0 aliphatic rings. The Labute approximate surface area is 304 Å². The Balaban J connectivity index is 1.13. The summed E-state index contributed by atoms with van der Waals surface area (Å²) in [5.41, 5.74) is 1.20. The average Bonchev–Trinajstić information content (AvgIpc) is 3.17. The van der Waals surface area contributed by atoms with E-state index in [4.69, 9.17) is 28.4 Å². The zero-order chi connectivity index (χ0) is 37.0. The number of unbranched alkanes of at least 4 members (excludes halogenated alkanes) is 6. The lowest BCUT2D eigenvalue weighted by Gasteiger charge is -2.09. The molecule has 0 saturated carbocycles. The van der Waals surface area contributed by atoms with E-state index >= 15 is 0 Å². The van der Waals surface area contributed by atoms with E-state index in [1.54, 1.807) is 48.5 Å². The molecule has 0 spiro atoms. The predicted molar refractivity (Wildman–Crippen MR) is 196 cm³/mol. The van der Waals surface area contributed by atoms with Crippen LogP contribution in [0.5, 0.6) is 23.0 Å². The Bertz CT molecular complexity index is 1570. The van der Waals surface area contributed by atoms with Gasteiger partial charge in [0.1, 0.15) is 36.2 Å². The van der Waals surface area contributed by atoms with Gasteiger partial charge in [-0.25, -0.2) is 19.2 Å². The number of carbonyl (C=O) groups excluding carboxylic acids is 4. The van der Waals surface area contributed by atoms with Crippen LogP contribution in [0.4, 0.5) is 0 Å². The molecule has 0 bridgehead atoms. The third kappa shape index (κ3) is 13.2. The van der Waals surface area contributed by atoms with E-state index in [1.807, 2.05) is 0 Å². The summed E-state index contributed by atoms with van der Waals surface area (Å²) in [6.07, 6.45) is 8.92. The van der Waals surface area contributed by atoms with Gasteiger partial charge in [0.05, 0.1) is 35.5 Å². The largest absolute Gasteiger partial charge is 0.494 e. The third-order valence-electron chi connectivity index (χ3n) is 7.86. The summed E-state index contributed by atoms with van der Waals surface area (Å²) in [7, 11) is 0. The van der Waals surface area contributed by atoms with Gasteiger partial charge in [0.25, 0.3) is 0 Å². The van der Waals surface area contributed by atoms with Gasteiger partial charge in [-0.05, 0) is 110 Å². The molecule has 52 heavy (non-hydrogen) atoms. The van der Waals surface area contributed by atoms with Crippen LogP contribution in [0.3, 0.4) is 0 Å². The van der Waals surface area contributed by atoms with Crippen LogP contribution in [0.1, 0.15) is 107 Å². The van der Waals surface area contributed by atoms with Crippen molar-refractivity contribution in [1.29, 1.82) is 0 Å². The second-order valence-electron chi connectivity index (χ2n) is 12.0. The molecule has 0 fully saturated rings. The highest BCUT2D eigenvalue weighted by Gasteiger charge is 2.14. The molecule has 10 heteroatoms. The van der Waals surface area contributed by atoms with E-state index in [-0.39, 0.29) is 35.8 Å². The summed E-state index contributed by atoms with van der Waals surface area (Å²) in [6.45, 7) is 5.25. The zero-order valence-corrected chi connectivity index (χ0v) is 29.8. The zero-order valence-electron chi connectivity index (χ0n) is 29.8. The highest BCUT2D eigenvalue weighted by atomic mass is 16.6. The van der Waals surface area contributed by atoms with Crippen LogP contribution >= 0.6 is 0 Å². The van der Waals surface area contributed by atoms with Crippen LogP contribution in [0.2, 0.25) is 0 Å². The molecule has 0 amide bonds. The molecule has 0 heterocycles. The van der Waals surface area contributed by atoms with Gasteiger partial charge < -0.3 is 28.4 Å². The SMILES string of the molecule is CCCCCCOc1ccc(C(=O)Oc2ccc(C(=O)OCCOC(=O)c3ccc(OC(=O)c4ccc(OCCCCCC)cc4)cc3)cc2)cc1. The monoisotopic (exact) mass is 710 g/mol. The summed E-state index contributed by atoms with van der Waals surface area (Å²) >= 11 is 0. The van der Waals surface area contributed by atoms with Crippen LogP contribution in [-0.4, -0.2) is 50.3 Å². The number of carbonyl (C=O) groups is 4. The molecule has 0 saturated heterocycles. The number of ether oxygens (including phenoxy) is 6. The van der Waals surface area contributed by atoms with Crippen LogP contribution < -0.4 is 18.9 Å². The van der Waals surface area contributed by atoms with Crippen molar-refractivity contribution in [3.63, 3.8) is 0 Å². The maximum Gasteiger partial charge on any atom is 0.343 e. The van der Waals surface area contributed by atoms with Crippen molar-refractivity contribution >= 4 is 23.9 Å². The molecule has 10 nitrogen and oxygen atoms in total. The van der Waals surface area contributed by atoms with Gasteiger partial charge in [-0.15, -0.1) is 0 Å². The van der Waals surface area contributed by atoms with Crippen molar-refractivity contribution in [3.05, 3.63) is 119 Å². The first-order valence-electron chi connectivity index (χ1n) is 17.8. The van der Waals surface area contributed by atoms with Crippen LogP contribution in [0.15, 0.2) is 97.1 Å². The highest BCUT2D eigenvalue weighted by Crippen LogP contribution is 2.20. The van der Waals surface area contributed by atoms with Crippen LogP contribution in [0, 0.1) is 0 Å². The van der Waals surface area contributed by atoms with Gasteiger partial charge in [-0.2, -0.15) is 0 Å². The highest BCUT2D eigenvalue weighted by molar-refractivity contribution is 5.93. The first-order valence-corrected chi connectivity index (χ1v) is 17.8. The van der Waals surface area contributed by atoms with Crippen LogP contribution in [0.25, 0.3) is 0 Å². The fraction of sp³-hybridized carbons (Fsp3) is 0.333. The molecule has 4 aromatic rings.